The standard InChI is InChI=1S/C14H18FN3O2/c1-13(2)11-9(5-6-20-11)14(13,16)12(19)18-8-3-4-10(15)17-7-8/h3-4,7,9,11H,5-6,16H2,1-2H3,(H,18,19). The van der Waals surface area contributed by atoms with Crippen molar-refractivity contribution in [3.8, 4) is 0 Å². The van der Waals surface area contributed by atoms with Gasteiger partial charge in [-0.1, -0.05) is 13.8 Å². The number of rotatable bonds is 2. The van der Waals surface area contributed by atoms with Crippen LogP contribution in [-0.2, 0) is 9.53 Å². The van der Waals surface area contributed by atoms with Crippen LogP contribution in [0, 0.1) is 17.3 Å². The fourth-order valence-electron chi connectivity index (χ4n) is 3.53. The number of nitrogens with two attached hydrogens (primary N) is 1. The summed E-state index contributed by atoms with van der Waals surface area (Å²) in [5.41, 5.74) is 5.45. The van der Waals surface area contributed by atoms with Gasteiger partial charge in [0.25, 0.3) is 0 Å². The summed E-state index contributed by atoms with van der Waals surface area (Å²) in [5, 5.41) is 2.73. The molecule has 1 amide bonds. The van der Waals surface area contributed by atoms with E-state index in [9.17, 15) is 9.18 Å². The van der Waals surface area contributed by atoms with Crippen molar-refractivity contribution in [1.82, 2.24) is 4.98 Å². The van der Waals surface area contributed by atoms with Crippen LogP contribution in [0.5, 0.6) is 0 Å². The minimum Gasteiger partial charge on any atom is -0.377 e. The van der Waals surface area contributed by atoms with Crippen molar-refractivity contribution in [1.29, 1.82) is 0 Å². The van der Waals surface area contributed by atoms with Gasteiger partial charge in [0.2, 0.25) is 11.9 Å². The lowest BCUT2D eigenvalue weighted by Crippen LogP contribution is -2.79. The molecule has 3 N–H and O–H groups in total. The predicted molar refractivity (Wildman–Crippen MR) is 71.4 cm³/mol. The summed E-state index contributed by atoms with van der Waals surface area (Å²) in [7, 11) is 0. The van der Waals surface area contributed by atoms with Crippen LogP contribution >= 0.6 is 0 Å². The van der Waals surface area contributed by atoms with Crippen LogP contribution in [0.15, 0.2) is 18.3 Å². The minimum atomic E-state index is -0.970. The van der Waals surface area contributed by atoms with Crippen molar-refractivity contribution in [2.45, 2.75) is 31.9 Å². The third-order valence-electron chi connectivity index (χ3n) is 4.82. The van der Waals surface area contributed by atoms with E-state index in [0.29, 0.717) is 12.3 Å². The fraction of sp³-hybridized carbons (Fsp3) is 0.571. The normalized spacial score (nSPS) is 34.2. The molecule has 5 nitrogen and oxygen atoms in total. The summed E-state index contributed by atoms with van der Waals surface area (Å²) in [5.74, 6) is -0.813. The lowest BCUT2D eigenvalue weighted by atomic mass is 9.48. The van der Waals surface area contributed by atoms with Gasteiger partial charge >= 0.3 is 0 Å². The summed E-state index contributed by atoms with van der Waals surface area (Å²) in [6.07, 6.45) is 2.11. The number of carbonyl (C=O) groups is 1. The molecule has 1 saturated heterocycles. The monoisotopic (exact) mass is 279 g/mol. The highest BCUT2D eigenvalue weighted by molar-refractivity contribution is 6.00. The van der Waals surface area contributed by atoms with Gasteiger partial charge in [-0.15, -0.1) is 0 Å². The molecule has 2 aliphatic rings. The Labute approximate surface area is 116 Å². The SMILES string of the molecule is CC1(C)C2OCCC2C1(N)C(=O)Nc1ccc(F)nc1. The van der Waals surface area contributed by atoms with Gasteiger partial charge in [-0.25, -0.2) is 4.98 Å². The first-order chi connectivity index (χ1) is 9.37. The van der Waals surface area contributed by atoms with Crippen LogP contribution in [0.4, 0.5) is 10.1 Å². The number of nitrogens with one attached hydrogen (secondary N) is 1. The van der Waals surface area contributed by atoms with Crippen molar-refractivity contribution in [2.24, 2.45) is 17.1 Å². The molecule has 2 fully saturated rings. The molecule has 0 aromatic carbocycles. The van der Waals surface area contributed by atoms with E-state index in [1.807, 2.05) is 13.8 Å². The number of anilines is 1. The summed E-state index contributed by atoms with van der Waals surface area (Å²) in [6.45, 7) is 4.53. The van der Waals surface area contributed by atoms with E-state index in [-0.39, 0.29) is 17.9 Å². The van der Waals surface area contributed by atoms with Crippen molar-refractivity contribution in [3.05, 3.63) is 24.3 Å². The number of hydrogen-bond acceptors (Lipinski definition) is 4. The van der Waals surface area contributed by atoms with Crippen molar-refractivity contribution in [3.63, 3.8) is 0 Å². The third kappa shape index (κ3) is 1.61. The molecular weight excluding hydrogens is 261 g/mol. The first-order valence-electron chi connectivity index (χ1n) is 6.71. The first-order valence-corrected chi connectivity index (χ1v) is 6.71. The number of hydrogen-bond donors (Lipinski definition) is 2. The maximum atomic E-state index is 12.8. The Hall–Kier alpha value is -1.53. The highest BCUT2D eigenvalue weighted by atomic mass is 19.1. The Morgan fingerprint density at radius 1 is 1.55 bits per heavy atom. The molecule has 0 bridgehead atoms. The number of halogens is 1. The maximum absolute atomic E-state index is 12.8. The molecule has 0 radical (unpaired) electrons. The van der Waals surface area contributed by atoms with Crippen LogP contribution in [0.25, 0.3) is 0 Å². The number of pyridine rings is 1. The largest absolute Gasteiger partial charge is 0.377 e. The molecule has 1 aliphatic carbocycles. The zero-order valence-electron chi connectivity index (χ0n) is 11.5. The average molecular weight is 279 g/mol. The minimum absolute atomic E-state index is 0.0320. The molecular formula is C14H18FN3O2. The second kappa shape index (κ2) is 4.23. The summed E-state index contributed by atoms with van der Waals surface area (Å²) in [6, 6.07) is 2.67. The van der Waals surface area contributed by atoms with Gasteiger partial charge in [-0.05, 0) is 18.6 Å². The Morgan fingerprint density at radius 3 is 2.95 bits per heavy atom. The van der Waals surface area contributed by atoms with Crippen molar-refractivity contribution >= 4 is 11.6 Å². The lowest BCUT2D eigenvalue weighted by Gasteiger charge is -2.60. The van der Waals surface area contributed by atoms with Crippen LogP contribution in [0.3, 0.4) is 0 Å². The number of carbonyl (C=O) groups excluding carboxylic acids is 1. The predicted octanol–water partition coefficient (Wildman–Crippen LogP) is 1.30. The number of ether oxygens (including phenoxy) is 1. The van der Waals surface area contributed by atoms with E-state index in [4.69, 9.17) is 10.5 Å². The van der Waals surface area contributed by atoms with E-state index >= 15 is 0 Å². The summed E-state index contributed by atoms with van der Waals surface area (Å²) < 4.78 is 18.4. The molecule has 3 unspecified atom stereocenters. The van der Waals surface area contributed by atoms with Crippen LogP contribution < -0.4 is 11.1 Å². The smallest absolute Gasteiger partial charge is 0.245 e. The molecule has 0 spiro atoms. The van der Waals surface area contributed by atoms with Gasteiger partial charge in [-0.2, -0.15) is 4.39 Å². The van der Waals surface area contributed by atoms with Gasteiger partial charge in [0.15, 0.2) is 0 Å². The molecule has 20 heavy (non-hydrogen) atoms. The highest BCUT2D eigenvalue weighted by Crippen LogP contribution is 2.58. The molecule has 1 aromatic rings. The van der Waals surface area contributed by atoms with E-state index < -0.39 is 16.9 Å². The molecule has 1 saturated carbocycles. The van der Waals surface area contributed by atoms with E-state index in [1.165, 1.54) is 18.3 Å². The third-order valence-corrected chi connectivity index (χ3v) is 4.82. The fourth-order valence-corrected chi connectivity index (χ4v) is 3.53. The Bertz CT molecular complexity index is 546. The number of nitrogens with zero attached hydrogens (tertiary/aromatic N) is 1. The molecule has 3 rings (SSSR count). The second-order valence-corrected chi connectivity index (χ2v) is 6.10. The number of amides is 1. The van der Waals surface area contributed by atoms with Gasteiger partial charge in [0.05, 0.1) is 18.0 Å². The van der Waals surface area contributed by atoms with Crippen LogP contribution in [0.2, 0.25) is 0 Å². The first kappa shape index (κ1) is 13.5. The average Bonchev–Trinajstić information content (AvgIpc) is 2.88. The van der Waals surface area contributed by atoms with E-state index in [2.05, 4.69) is 10.3 Å². The number of fused-ring (bicyclic) bond motifs is 1. The van der Waals surface area contributed by atoms with Gasteiger partial charge in [0, 0.05) is 17.9 Å². The molecule has 108 valence electrons. The molecule has 2 heterocycles. The van der Waals surface area contributed by atoms with Crippen molar-refractivity contribution < 1.29 is 13.9 Å². The molecule has 1 aromatic heterocycles. The lowest BCUT2D eigenvalue weighted by molar-refractivity contribution is -0.170. The summed E-state index contributed by atoms with van der Waals surface area (Å²) in [4.78, 5) is 16.1. The summed E-state index contributed by atoms with van der Waals surface area (Å²) >= 11 is 0. The molecule has 3 atom stereocenters. The second-order valence-electron chi connectivity index (χ2n) is 6.10. The zero-order chi connectivity index (χ0) is 14.5. The Balaban J connectivity index is 1.81. The Morgan fingerprint density at radius 2 is 2.30 bits per heavy atom. The topological polar surface area (TPSA) is 77.2 Å². The number of aromatic nitrogens is 1. The van der Waals surface area contributed by atoms with Crippen LogP contribution in [-0.4, -0.2) is 29.1 Å². The Kier molecular flexibility index (Phi) is 2.85. The zero-order valence-corrected chi connectivity index (χ0v) is 11.5. The van der Waals surface area contributed by atoms with Gasteiger partial charge in [-0.3, -0.25) is 4.79 Å². The van der Waals surface area contributed by atoms with Gasteiger partial charge < -0.3 is 15.8 Å². The van der Waals surface area contributed by atoms with Crippen LogP contribution in [0.1, 0.15) is 20.3 Å². The van der Waals surface area contributed by atoms with Crippen molar-refractivity contribution in [2.75, 3.05) is 11.9 Å². The quantitative estimate of drug-likeness (QED) is 0.800. The van der Waals surface area contributed by atoms with Gasteiger partial charge in [0.1, 0.15) is 5.54 Å². The van der Waals surface area contributed by atoms with E-state index in [1.54, 1.807) is 0 Å². The maximum Gasteiger partial charge on any atom is 0.245 e. The van der Waals surface area contributed by atoms with E-state index in [0.717, 1.165) is 6.42 Å². The highest BCUT2D eigenvalue weighted by Gasteiger charge is 2.71. The molecule has 1 aliphatic heterocycles. The molecule has 6 heteroatoms.